The highest BCUT2D eigenvalue weighted by molar-refractivity contribution is 6.02. The predicted molar refractivity (Wildman–Crippen MR) is 161 cm³/mol. The van der Waals surface area contributed by atoms with Gasteiger partial charge in [0.25, 0.3) is 5.56 Å². The number of aromatic nitrogens is 5. The van der Waals surface area contributed by atoms with Crippen LogP contribution >= 0.6 is 0 Å². The number of nitrogens with two attached hydrogens (primary N) is 1. The molecule has 1 saturated carbocycles. The van der Waals surface area contributed by atoms with E-state index in [1.807, 2.05) is 37.3 Å². The molecule has 10 heteroatoms. The molecule has 0 unspecified atom stereocenters. The van der Waals surface area contributed by atoms with Crippen LogP contribution in [0.2, 0.25) is 0 Å². The Balaban J connectivity index is 1.57. The van der Waals surface area contributed by atoms with E-state index in [-0.39, 0.29) is 17.3 Å². The van der Waals surface area contributed by atoms with Crippen LogP contribution in [0.15, 0.2) is 64.9 Å². The van der Waals surface area contributed by atoms with Gasteiger partial charge in [-0.05, 0) is 44.2 Å². The molecule has 3 N–H and O–H groups in total. The molecule has 5 rings (SSSR count). The van der Waals surface area contributed by atoms with E-state index in [9.17, 15) is 10.0 Å². The van der Waals surface area contributed by atoms with Gasteiger partial charge in [-0.2, -0.15) is 0 Å². The van der Waals surface area contributed by atoms with Crippen molar-refractivity contribution in [3.8, 4) is 23.0 Å². The number of benzene rings is 1. The maximum atomic E-state index is 14.3. The Hall–Kier alpha value is -4.60. The fourth-order valence-corrected chi connectivity index (χ4v) is 5.54. The van der Waals surface area contributed by atoms with Gasteiger partial charge < -0.3 is 15.7 Å². The Morgan fingerprint density at radius 2 is 1.83 bits per heavy atom. The lowest BCUT2D eigenvalue weighted by Gasteiger charge is -2.20. The normalized spacial score (nSPS) is 13.9. The number of rotatable bonds is 11. The highest BCUT2D eigenvalue weighted by Crippen LogP contribution is 2.34. The van der Waals surface area contributed by atoms with Gasteiger partial charge in [0, 0.05) is 35.2 Å². The molecule has 4 aromatic rings. The molecule has 0 bridgehead atoms. The van der Waals surface area contributed by atoms with Crippen LogP contribution in [0.4, 0.5) is 0 Å². The van der Waals surface area contributed by atoms with Gasteiger partial charge in [-0.25, -0.2) is 19.5 Å². The second-order valence-corrected chi connectivity index (χ2v) is 10.5. The number of unbranched alkanes of at least 4 members (excludes halogenated alkanes) is 1. The fraction of sp³-hybridized carbons (Fsp3) is 0.375. The molecule has 42 heavy (non-hydrogen) atoms. The van der Waals surface area contributed by atoms with E-state index in [1.165, 1.54) is 0 Å². The molecule has 218 valence electrons. The Morgan fingerprint density at radius 1 is 1.07 bits per heavy atom. The SMILES string of the molecule is CCCCc1nc(C2CCCC2)n(-c2ncc(OCC)cn2)c(=O)c1Cc1ccc(-c2ccccc2/C(N)=N\O)nc1. The number of hydrogen-bond donors (Lipinski definition) is 2. The van der Waals surface area contributed by atoms with E-state index in [1.54, 1.807) is 29.2 Å². The Labute approximate surface area is 245 Å². The smallest absolute Gasteiger partial charge is 0.264 e. The monoisotopic (exact) mass is 567 g/mol. The van der Waals surface area contributed by atoms with Crippen molar-refractivity contribution in [1.82, 2.24) is 24.5 Å². The third-order valence-corrected chi connectivity index (χ3v) is 7.69. The molecule has 10 nitrogen and oxygen atoms in total. The zero-order chi connectivity index (χ0) is 29.5. The second-order valence-electron chi connectivity index (χ2n) is 10.5. The second kappa shape index (κ2) is 13.4. The molecule has 0 aliphatic heterocycles. The van der Waals surface area contributed by atoms with Crippen LogP contribution in [-0.2, 0) is 12.8 Å². The molecule has 0 radical (unpaired) electrons. The number of amidine groups is 1. The van der Waals surface area contributed by atoms with Crippen LogP contribution in [0.1, 0.15) is 86.5 Å². The number of ether oxygens (including phenoxy) is 1. The van der Waals surface area contributed by atoms with Gasteiger partial charge in [0.15, 0.2) is 11.6 Å². The summed E-state index contributed by atoms with van der Waals surface area (Å²) in [4.78, 5) is 33.2. The number of hydrogen-bond acceptors (Lipinski definition) is 8. The third kappa shape index (κ3) is 6.17. The molecule has 1 aliphatic carbocycles. The summed E-state index contributed by atoms with van der Waals surface area (Å²) >= 11 is 0. The van der Waals surface area contributed by atoms with E-state index < -0.39 is 0 Å². The molecule has 3 aromatic heterocycles. The lowest BCUT2D eigenvalue weighted by molar-refractivity contribution is 0.318. The summed E-state index contributed by atoms with van der Waals surface area (Å²) in [5, 5.41) is 12.4. The van der Waals surface area contributed by atoms with Gasteiger partial charge in [-0.15, -0.1) is 0 Å². The van der Waals surface area contributed by atoms with E-state index in [2.05, 4.69) is 27.0 Å². The van der Waals surface area contributed by atoms with Crippen molar-refractivity contribution in [3.63, 3.8) is 0 Å². The molecule has 0 saturated heterocycles. The predicted octanol–water partition coefficient (Wildman–Crippen LogP) is 5.17. The summed E-state index contributed by atoms with van der Waals surface area (Å²) in [6.45, 7) is 4.55. The molecule has 0 amide bonds. The summed E-state index contributed by atoms with van der Waals surface area (Å²) in [5.41, 5.74) is 10.1. The van der Waals surface area contributed by atoms with Gasteiger partial charge in [-0.1, -0.05) is 61.7 Å². The van der Waals surface area contributed by atoms with Gasteiger partial charge in [0.1, 0.15) is 5.82 Å². The van der Waals surface area contributed by atoms with Crippen molar-refractivity contribution >= 4 is 5.84 Å². The summed E-state index contributed by atoms with van der Waals surface area (Å²) in [5.74, 6) is 1.84. The van der Waals surface area contributed by atoms with Crippen LogP contribution in [0, 0.1) is 0 Å². The molecule has 1 fully saturated rings. The van der Waals surface area contributed by atoms with Gasteiger partial charge in [0.05, 0.1) is 30.4 Å². The van der Waals surface area contributed by atoms with E-state index in [4.69, 9.17) is 15.5 Å². The van der Waals surface area contributed by atoms with E-state index in [0.29, 0.717) is 41.5 Å². The number of pyridine rings is 1. The van der Waals surface area contributed by atoms with Crippen molar-refractivity contribution in [1.29, 1.82) is 0 Å². The number of nitrogens with zero attached hydrogens (tertiary/aromatic N) is 6. The van der Waals surface area contributed by atoms with E-state index >= 15 is 0 Å². The number of aryl methyl sites for hydroxylation is 1. The van der Waals surface area contributed by atoms with Crippen molar-refractivity contribution in [2.75, 3.05) is 6.61 Å². The van der Waals surface area contributed by atoms with Crippen LogP contribution < -0.4 is 16.0 Å². The Morgan fingerprint density at radius 3 is 2.50 bits per heavy atom. The Bertz CT molecular complexity index is 1590. The topological polar surface area (TPSA) is 141 Å². The molecule has 0 atom stereocenters. The minimum Gasteiger partial charge on any atom is -0.491 e. The molecule has 1 aliphatic rings. The fourth-order valence-electron chi connectivity index (χ4n) is 5.54. The molecular weight excluding hydrogens is 530 g/mol. The first-order chi connectivity index (χ1) is 20.5. The average molecular weight is 568 g/mol. The summed E-state index contributed by atoms with van der Waals surface area (Å²) in [6, 6.07) is 11.2. The first-order valence-corrected chi connectivity index (χ1v) is 14.7. The summed E-state index contributed by atoms with van der Waals surface area (Å²) in [6.07, 6.45) is 12.3. The average Bonchev–Trinajstić information content (AvgIpc) is 3.57. The van der Waals surface area contributed by atoms with Crippen LogP contribution in [0.25, 0.3) is 17.2 Å². The van der Waals surface area contributed by atoms with Crippen molar-refractivity contribution < 1.29 is 9.94 Å². The quantitative estimate of drug-likeness (QED) is 0.109. The van der Waals surface area contributed by atoms with E-state index in [0.717, 1.165) is 67.6 Å². The van der Waals surface area contributed by atoms with Crippen LogP contribution in [0.5, 0.6) is 5.75 Å². The minimum absolute atomic E-state index is 0.0162. The maximum Gasteiger partial charge on any atom is 0.264 e. The first-order valence-electron chi connectivity index (χ1n) is 14.7. The number of oxime groups is 1. The van der Waals surface area contributed by atoms with Crippen molar-refractivity contribution in [3.05, 3.63) is 93.6 Å². The Kier molecular flexibility index (Phi) is 9.21. The summed E-state index contributed by atoms with van der Waals surface area (Å²) in [7, 11) is 0. The largest absolute Gasteiger partial charge is 0.491 e. The lowest BCUT2D eigenvalue weighted by Crippen LogP contribution is -2.31. The van der Waals surface area contributed by atoms with Crippen LogP contribution in [0.3, 0.4) is 0 Å². The summed E-state index contributed by atoms with van der Waals surface area (Å²) < 4.78 is 7.15. The zero-order valence-corrected chi connectivity index (χ0v) is 24.2. The van der Waals surface area contributed by atoms with Crippen LogP contribution in [-0.4, -0.2) is 42.2 Å². The van der Waals surface area contributed by atoms with Crippen molar-refractivity contribution in [2.24, 2.45) is 10.9 Å². The molecule has 1 aromatic carbocycles. The standard InChI is InChI=1S/C32H37N7O3/c1-3-5-14-28-26(17-21-15-16-27(34-18-21)24-12-8-9-13-25(24)29(33)38-41)31(40)39(30(37-28)22-10-6-7-11-22)32-35-19-23(20-36-32)42-4-2/h8-9,12-13,15-16,18-20,22,41H,3-7,10-11,14,17H2,1-2H3,(H2,33,38). The first kappa shape index (κ1) is 28.9. The highest BCUT2D eigenvalue weighted by atomic mass is 16.5. The van der Waals surface area contributed by atoms with Gasteiger partial charge >= 0.3 is 0 Å². The highest BCUT2D eigenvalue weighted by Gasteiger charge is 2.27. The van der Waals surface area contributed by atoms with Gasteiger partial charge in [0.2, 0.25) is 5.95 Å². The molecule has 3 heterocycles. The molecular formula is C32H37N7O3. The molecule has 0 spiro atoms. The lowest BCUT2D eigenvalue weighted by atomic mass is 9.99. The maximum absolute atomic E-state index is 14.3. The minimum atomic E-state index is -0.136. The third-order valence-electron chi connectivity index (χ3n) is 7.69. The zero-order valence-electron chi connectivity index (χ0n) is 24.2. The van der Waals surface area contributed by atoms with Crippen molar-refractivity contribution in [2.45, 2.75) is 71.1 Å². The van der Waals surface area contributed by atoms with Gasteiger partial charge in [-0.3, -0.25) is 9.78 Å².